The molecule has 0 aliphatic rings. The molecule has 0 aromatic heterocycles. The fourth-order valence-electron chi connectivity index (χ4n) is 1.57. The molecule has 0 fully saturated rings. The summed E-state index contributed by atoms with van der Waals surface area (Å²) in [7, 11) is 4.20. The quantitative estimate of drug-likeness (QED) is 0.767. The van der Waals surface area contributed by atoms with Crippen LogP contribution in [0.3, 0.4) is 0 Å². The van der Waals surface area contributed by atoms with E-state index < -0.39 is 0 Å². The highest BCUT2D eigenvalue weighted by molar-refractivity contribution is 6.35. The molecular weight excluding hydrogens is 255 g/mol. The second kappa shape index (κ2) is 7.93. The summed E-state index contributed by atoms with van der Waals surface area (Å²) in [4.78, 5) is 2.20. The molecule has 2 nitrogen and oxygen atoms in total. The SMILES string of the molecule is CN(C)CCCCNCc1ccc(Cl)cc1Cl. The van der Waals surface area contributed by atoms with Gasteiger partial charge in [0.15, 0.2) is 0 Å². The van der Waals surface area contributed by atoms with E-state index in [9.17, 15) is 0 Å². The zero-order valence-corrected chi connectivity index (χ0v) is 12.0. The molecule has 96 valence electrons. The van der Waals surface area contributed by atoms with Crippen LogP contribution in [0.15, 0.2) is 18.2 Å². The van der Waals surface area contributed by atoms with Crippen molar-refractivity contribution in [1.29, 1.82) is 0 Å². The highest BCUT2D eigenvalue weighted by Crippen LogP contribution is 2.20. The van der Waals surface area contributed by atoms with Crippen LogP contribution in [0, 0.1) is 0 Å². The van der Waals surface area contributed by atoms with Gasteiger partial charge in [0.1, 0.15) is 0 Å². The number of rotatable bonds is 7. The van der Waals surface area contributed by atoms with E-state index in [-0.39, 0.29) is 0 Å². The molecule has 0 amide bonds. The monoisotopic (exact) mass is 274 g/mol. The summed E-state index contributed by atoms with van der Waals surface area (Å²) in [6.45, 7) is 2.97. The maximum atomic E-state index is 6.08. The van der Waals surface area contributed by atoms with E-state index >= 15 is 0 Å². The minimum absolute atomic E-state index is 0.685. The van der Waals surface area contributed by atoms with Crippen molar-refractivity contribution in [2.45, 2.75) is 19.4 Å². The first-order valence-electron chi connectivity index (χ1n) is 5.89. The highest BCUT2D eigenvalue weighted by Gasteiger charge is 2.00. The first-order chi connectivity index (χ1) is 8.09. The average molecular weight is 275 g/mol. The van der Waals surface area contributed by atoms with Gasteiger partial charge in [0, 0.05) is 16.6 Å². The first-order valence-corrected chi connectivity index (χ1v) is 6.64. The third-order valence-corrected chi connectivity index (χ3v) is 3.13. The van der Waals surface area contributed by atoms with E-state index in [4.69, 9.17) is 23.2 Å². The Morgan fingerprint density at radius 3 is 2.59 bits per heavy atom. The Bertz CT molecular complexity index is 340. The average Bonchev–Trinajstić information content (AvgIpc) is 2.25. The Balaban J connectivity index is 2.18. The smallest absolute Gasteiger partial charge is 0.0465 e. The summed E-state index contributed by atoms with van der Waals surface area (Å²) < 4.78 is 0. The van der Waals surface area contributed by atoms with Gasteiger partial charge < -0.3 is 10.2 Å². The lowest BCUT2D eigenvalue weighted by atomic mass is 10.2. The number of nitrogens with one attached hydrogen (secondary N) is 1. The Kier molecular flexibility index (Phi) is 6.90. The zero-order chi connectivity index (χ0) is 12.7. The second-order valence-electron chi connectivity index (χ2n) is 4.42. The van der Waals surface area contributed by atoms with E-state index in [0.29, 0.717) is 5.02 Å². The maximum Gasteiger partial charge on any atom is 0.0465 e. The fraction of sp³-hybridized carbons (Fsp3) is 0.538. The van der Waals surface area contributed by atoms with Crippen LogP contribution < -0.4 is 5.32 Å². The number of benzene rings is 1. The molecule has 0 atom stereocenters. The van der Waals surface area contributed by atoms with Crippen LogP contribution in [0.1, 0.15) is 18.4 Å². The lowest BCUT2D eigenvalue weighted by molar-refractivity contribution is 0.391. The van der Waals surface area contributed by atoms with Crippen LogP contribution in [-0.4, -0.2) is 32.1 Å². The molecule has 17 heavy (non-hydrogen) atoms. The lowest BCUT2D eigenvalue weighted by Gasteiger charge is -2.10. The van der Waals surface area contributed by atoms with E-state index in [2.05, 4.69) is 24.3 Å². The van der Waals surface area contributed by atoms with E-state index in [1.54, 1.807) is 6.07 Å². The molecule has 0 aliphatic heterocycles. The van der Waals surface area contributed by atoms with Crippen molar-refractivity contribution in [3.8, 4) is 0 Å². The zero-order valence-electron chi connectivity index (χ0n) is 10.5. The molecule has 0 spiro atoms. The van der Waals surface area contributed by atoms with Crippen molar-refractivity contribution in [2.75, 3.05) is 27.2 Å². The summed E-state index contributed by atoms with van der Waals surface area (Å²) in [5, 5.41) is 4.81. The van der Waals surface area contributed by atoms with Gasteiger partial charge in [0.05, 0.1) is 0 Å². The standard InChI is InChI=1S/C13H20Cl2N2/c1-17(2)8-4-3-7-16-10-11-5-6-12(14)9-13(11)15/h5-6,9,16H,3-4,7-8,10H2,1-2H3. The van der Waals surface area contributed by atoms with Crippen molar-refractivity contribution < 1.29 is 0 Å². The molecule has 0 saturated carbocycles. The largest absolute Gasteiger partial charge is 0.313 e. The number of hydrogen-bond donors (Lipinski definition) is 1. The van der Waals surface area contributed by atoms with Crippen LogP contribution in [0.25, 0.3) is 0 Å². The van der Waals surface area contributed by atoms with Crippen LogP contribution in [0.2, 0.25) is 10.0 Å². The van der Waals surface area contributed by atoms with Crippen molar-refractivity contribution >= 4 is 23.2 Å². The van der Waals surface area contributed by atoms with Gasteiger partial charge in [-0.1, -0.05) is 29.3 Å². The van der Waals surface area contributed by atoms with Crippen LogP contribution in [-0.2, 0) is 6.54 Å². The molecule has 4 heteroatoms. The third kappa shape index (κ3) is 6.27. The molecular formula is C13H20Cl2N2. The number of nitrogens with zero attached hydrogens (tertiary/aromatic N) is 1. The highest BCUT2D eigenvalue weighted by atomic mass is 35.5. The predicted octanol–water partition coefficient (Wildman–Crippen LogP) is 3.42. The molecule has 1 aromatic carbocycles. The predicted molar refractivity (Wildman–Crippen MR) is 76.0 cm³/mol. The van der Waals surface area contributed by atoms with Gasteiger partial charge in [-0.15, -0.1) is 0 Å². The minimum atomic E-state index is 0.685. The van der Waals surface area contributed by atoms with Gasteiger partial charge in [-0.3, -0.25) is 0 Å². The topological polar surface area (TPSA) is 15.3 Å². The molecule has 0 unspecified atom stereocenters. The molecule has 0 saturated heterocycles. The summed E-state index contributed by atoms with van der Waals surface area (Å²) in [5.74, 6) is 0. The first kappa shape index (κ1) is 14.8. The van der Waals surface area contributed by atoms with E-state index in [1.165, 1.54) is 12.8 Å². The fourth-order valence-corrected chi connectivity index (χ4v) is 2.04. The van der Waals surface area contributed by atoms with Gasteiger partial charge in [0.2, 0.25) is 0 Å². The minimum Gasteiger partial charge on any atom is -0.313 e. The summed E-state index contributed by atoms with van der Waals surface area (Å²) in [6, 6.07) is 5.63. The molecule has 0 radical (unpaired) electrons. The summed E-state index contributed by atoms with van der Waals surface area (Å²) >= 11 is 11.9. The molecule has 0 aliphatic carbocycles. The van der Waals surface area contributed by atoms with Crippen LogP contribution in [0.5, 0.6) is 0 Å². The van der Waals surface area contributed by atoms with Crippen molar-refractivity contribution in [1.82, 2.24) is 10.2 Å². The molecule has 0 heterocycles. The normalized spacial score (nSPS) is 11.1. The molecule has 0 bridgehead atoms. The van der Waals surface area contributed by atoms with Gasteiger partial charge in [0.25, 0.3) is 0 Å². The molecule has 1 N–H and O–H groups in total. The number of halogens is 2. The van der Waals surface area contributed by atoms with Gasteiger partial charge >= 0.3 is 0 Å². The van der Waals surface area contributed by atoms with Gasteiger partial charge in [-0.25, -0.2) is 0 Å². The molecule has 1 aromatic rings. The number of hydrogen-bond acceptors (Lipinski definition) is 2. The van der Waals surface area contributed by atoms with Crippen molar-refractivity contribution in [2.24, 2.45) is 0 Å². The third-order valence-electron chi connectivity index (χ3n) is 2.54. The van der Waals surface area contributed by atoms with Crippen LogP contribution in [0.4, 0.5) is 0 Å². The van der Waals surface area contributed by atoms with E-state index in [0.717, 1.165) is 30.2 Å². The summed E-state index contributed by atoms with van der Waals surface area (Å²) in [6.07, 6.45) is 2.40. The maximum absolute atomic E-state index is 6.08. The molecule has 1 rings (SSSR count). The lowest BCUT2D eigenvalue weighted by Crippen LogP contribution is -2.18. The summed E-state index contributed by atoms with van der Waals surface area (Å²) in [5.41, 5.74) is 1.10. The van der Waals surface area contributed by atoms with E-state index in [1.807, 2.05) is 12.1 Å². The Labute approximate surface area is 114 Å². The second-order valence-corrected chi connectivity index (χ2v) is 5.27. The van der Waals surface area contributed by atoms with Crippen molar-refractivity contribution in [3.05, 3.63) is 33.8 Å². The van der Waals surface area contributed by atoms with Crippen LogP contribution >= 0.6 is 23.2 Å². The Morgan fingerprint density at radius 2 is 1.94 bits per heavy atom. The van der Waals surface area contributed by atoms with Gasteiger partial charge in [-0.2, -0.15) is 0 Å². The van der Waals surface area contributed by atoms with Gasteiger partial charge in [-0.05, 0) is 57.7 Å². The van der Waals surface area contributed by atoms with Crippen molar-refractivity contribution in [3.63, 3.8) is 0 Å². The number of unbranched alkanes of at least 4 members (excludes halogenated alkanes) is 1. The Morgan fingerprint density at radius 1 is 1.18 bits per heavy atom. The Hall–Kier alpha value is -0.280.